The summed E-state index contributed by atoms with van der Waals surface area (Å²) in [4.78, 5) is 37.7. The Morgan fingerprint density at radius 1 is 0.762 bits per heavy atom. The summed E-state index contributed by atoms with van der Waals surface area (Å²) >= 11 is 0. The second-order valence-electron chi connectivity index (χ2n) is 20.1. The standard InChI is InChI=1S/C48H75F2N7O6/c1-15-35-21-37(52)23-39(49)42(35)60-20-18-55-27-33(5)57(34(6)28-55)48(45(7,8)9,44(59)63-46(10,11)12)62-41(58)29-56-31(3)25-54(26-32(56)4)17-19-61-43-36(16-2)22-38(24-40(43)50)53-47(13,14)30-51/h21-24,31-34,53H,15-20,25-29,52H2,1-14H3/t31-,32+,33-,34+,48?. The van der Waals surface area contributed by atoms with Crippen LogP contribution < -0.4 is 20.5 Å². The Balaban J connectivity index is 1.46. The Kier molecular flexibility index (Phi) is 16.9. The first-order chi connectivity index (χ1) is 29.2. The van der Waals surface area contributed by atoms with E-state index < -0.39 is 45.9 Å². The van der Waals surface area contributed by atoms with Gasteiger partial charge >= 0.3 is 11.9 Å². The molecule has 0 radical (unpaired) electrons. The number of carbonyl (C=O) groups is 2. The fraction of sp³-hybridized carbons (Fsp3) is 0.688. The molecule has 2 heterocycles. The number of nitrogens with zero attached hydrogens (tertiary/aromatic N) is 5. The highest BCUT2D eigenvalue weighted by molar-refractivity contribution is 5.85. The van der Waals surface area contributed by atoms with Crippen LogP contribution in [0.2, 0.25) is 0 Å². The summed E-state index contributed by atoms with van der Waals surface area (Å²) in [6, 6.07) is 7.74. The maximum atomic E-state index is 15.3. The Bertz CT molecular complexity index is 1920. The minimum Gasteiger partial charge on any atom is -0.489 e. The van der Waals surface area contributed by atoms with Gasteiger partial charge in [0, 0.05) is 92.4 Å². The van der Waals surface area contributed by atoms with Gasteiger partial charge in [0.15, 0.2) is 23.1 Å². The van der Waals surface area contributed by atoms with Crippen molar-refractivity contribution in [2.45, 2.75) is 151 Å². The van der Waals surface area contributed by atoms with E-state index in [1.54, 1.807) is 40.7 Å². The Hall–Kier alpha value is -4.23. The smallest absolute Gasteiger partial charge is 0.367 e. The molecule has 1 unspecified atom stereocenters. The molecule has 2 saturated heterocycles. The third-order valence-corrected chi connectivity index (χ3v) is 11.9. The molecule has 0 saturated carbocycles. The van der Waals surface area contributed by atoms with E-state index in [1.165, 1.54) is 12.1 Å². The van der Waals surface area contributed by atoms with Gasteiger partial charge in [-0.05, 0) is 98.4 Å². The van der Waals surface area contributed by atoms with Gasteiger partial charge in [-0.3, -0.25) is 19.5 Å². The molecule has 0 aliphatic carbocycles. The van der Waals surface area contributed by atoms with Crippen LogP contribution in [0.25, 0.3) is 0 Å². The summed E-state index contributed by atoms with van der Waals surface area (Å²) in [5.74, 6) is -1.70. The van der Waals surface area contributed by atoms with Crippen molar-refractivity contribution >= 4 is 23.3 Å². The monoisotopic (exact) mass is 884 g/mol. The fourth-order valence-corrected chi connectivity index (χ4v) is 9.12. The lowest BCUT2D eigenvalue weighted by molar-refractivity contribution is -0.257. The van der Waals surface area contributed by atoms with Crippen molar-refractivity contribution < 1.29 is 37.3 Å². The highest BCUT2D eigenvalue weighted by Crippen LogP contribution is 2.43. The molecule has 15 heteroatoms. The third-order valence-electron chi connectivity index (χ3n) is 11.9. The van der Waals surface area contributed by atoms with Crippen molar-refractivity contribution in [1.82, 2.24) is 19.6 Å². The van der Waals surface area contributed by atoms with Crippen LogP contribution in [0.5, 0.6) is 11.5 Å². The lowest BCUT2D eigenvalue weighted by Gasteiger charge is -2.56. The highest BCUT2D eigenvalue weighted by Gasteiger charge is 2.62. The van der Waals surface area contributed by atoms with Crippen LogP contribution in [0.1, 0.15) is 108 Å². The number of halogens is 2. The molecule has 0 spiro atoms. The van der Waals surface area contributed by atoms with Crippen LogP contribution in [0.4, 0.5) is 20.2 Å². The zero-order valence-electron chi connectivity index (χ0n) is 40.4. The third kappa shape index (κ3) is 12.7. The molecule has 5 atom stereocenters. The van der Waals surface area contributed by atoms with Crippen LogP contribution in [0.3, 0.4) is 0 Å². The molecule has 0 bridgehead atoms. The minimum atomic E-state index is -1.78. The Morgan fingerprint density at radius 3 is 1.70 bits per heavy atom. The molecule has 2 aromatic carbocycles. The number of ether oxygens (including phenoxy) is 4. The number of hydrogen-bond donors (Lipinski definition) is 2. The quantitative estimate of drug-likeness (QED) is 0.122. The number of carbonyl (C=O) groups excluding carboxylic acids is 2. The number of nitrogen functional groups attached to an aromatic ring is 1. The van der Waals surface area contributed by atoms with Gasteiger partial charge in [-0.25, -0.2) is 18.5 Å². The molecule has 2 aromatic rings. The first kappa shape index (κ1) is 51.4. The van der Waals surface area contributed by atoms with E-state index in [-0.39, 0.29) is 55.4 Å². The van der Waals surface area contributed by atoms with Gasteiger partial charge in [0.25, 0.3) is 5.72 Å². The number of nitriles is 1. The van der Waals surface area contributed by atoms with Crippen molar-refractivity contribution in [3.8, 4) is 17.6 Å². The number of benzene rings is 2. The summed E-state index contributed by atoms with van der Waals surface area (Å²) in [5.41, 5.74) is 3.76. The summed E-state index contributed by atoms with van der Waals surface area (Å²) < 4.78 is 54.9. The Labute approximate surface area is 375 Å². The second-order valence-corrected chi connectivity index (χ2v) is 20.1. The number of esters is 2. The molecule has 2 aliphatic heterocycles. The maximum Gasteiger partial charge on any atom is 0.367 e. The molecule has 0 aromatic heterocycles. The van der Waals surface area contributed by atoms with Gasteiger partial charge < -0.3 is 30.0 Å². The van der Waals surface area contributed by atoms with E-state index in [0.29, 0.717) is 74.6 Å². The van der Waals surface area contributed by atoms with Crippen LogP contribution >= 0.6 is 0 Å². The molecule has 3 N–H and O–H groups in total. The van der Waals surface area contributed by atoms with E-state index in [4.69, 9.17) is 24.7 Å². The average Bonchev–Trinajstić information content (AvgIpc) is 3.15. The first-order valence-electron chi connectivity index (χ1n) is 22.5. The highest BCUT2D eigenvalue weighted by atomic mass is 19.1. The summed E-state index contributed by atoms with van der Waals surface area (Å²) in [6.45, 7) is 30.5. The summed E-state index contributed by atoms with van der Waals surface area (Å²) in [6.07, 6.45) is 1.13. The van der Waals surface area contributed by atoms with E-state index in [0.717, 1.165) is 0 Å². The van der Waals surface area contributed by atoms with Crippen molar-refractivity contribution in [2.24, 2.45) is 5.41 Å². The van der Waals surface area contributed by atoms with Crippen molar-refractivity contribution in [3.05, 3.63) is 47.0 Å². The maximum absolute atomic E-state index is 15.3. The predicted molar refractivity (Wildman–Crippen MR) is 244 cm³/mol. The summed E-state index contributed by atoms with van der Waals surface area (Å²) in [7, 11) is 0. The van der Waals surface area contributed by atoms with Crippen LogP contribution in [-0.4, -0.2) is 132 Å². The molecule has 0 amide bonds. The molecule has 4 rings (SSSR count). The fourth-order valence-electron chi connectivity index (χ4n) is 9.12. The van der Waals surface area contributed by atoms with Crippen molar-refractivity contribution in [2.75, 3.05) is 70.1 Å². The zero-order valence-corrected chi connectivity index (χ0v) is 40.4. The van der Waals surface area contributed by atoms with Gasteiger partial charge in [0.05, 0.1) is 12.6 Å². The zero-order chi connectivity index (χ0) is 47.2. The first-order valence-corrected chi connectivity index (χ1v) is 22.5. The molecule has 2 fully saturated rings. The van der Waals surface area contributed by atoms with Gasteiger partial charge in [0.2, 0.25) is 0 Å². The number of hydrogen-bond acceptors (Lipinski definition) is 13. The number of aryl methyl sites for hydroxylation is 2. The predicted octanol–water partition coefficient (Wildman–Crippen LogP) is 7.26. The summed E-state index contributed by atoms with van der Waals surface area (Å²) in [5, 5.41) is 12.5. The van der Waals surface area contributed by atoms with E-state index in [1.807, 2.05) is 59.4 Å². The van der Waals surface area contributed by atoms with Crippen molar-refractivity contribution in [1.29, 1.82) is 5.26 Å². The number of nitrogens with one attached hydrogen (secondary N) is 1. The van der Waals surface area contributed by atoms with Crippen LogP contribution in [-0.2, 0) is 31.9 Å². The lowest BCUT2D eigenvalue weighted by atomic mass is 9.79. The lowest BCUT2D eigenvalue weighted by Crippen LogP contribution is -2.74. The van der Waals surface area contributed by atoms with Gasteiger partial charge in [0.1, 0.15) is 24.4 Å². The van der Waals surface area contributed by atoms with Crippen molar-refractivity contribution in [3.63, 3.8) is 0 Å². The number of piperazine rings is 2. The SMILES string of the molecule is CCc1cc(NC(C)(C)C#N)cc(F)c1OCCN1C[C@@H](C)N(CC(=O)OC(C(=O)OC(C)(C)C)(N2[C@H](C)CN(CCOc3c(F)cc(N)cc3CC)C[C@@H]2C)C(C)(C)C)[C@@H](C)C1. The van der Waals surface area contributed by atoms with E-state index in [2.05, 4.69) is 39.9 Å². The second kappa shape index (κ2) is 20.7. The normalized spacial score (nSPS) is 21.9. The topological polar surface area (TPSA) is 146 Å². The molecule has 63 heavy (non-hydrogen) atoms. The molecule has 13 nitrogen and oxygen atoms in total. The van der Waals surface area contributed by atoms with E-state index >= 15 is 4.39 Å². The van der Waals surface area contributed by atoms with E-state index in [9.17, 15) is 19.2 Å². The van der Waals surface area contributed by atoms with Gasteiger partial charge in [-0.15, -0.1) is 0 Å². The molecule has 2 aliphatic rings. The number of anilines is 2. The molecule has 352 valence electrons. The average molecular weight is 884 g/mol. The van der Waals surface area contributed by atoms with Crippen LogP contribution in [0.15, 0.2) is 24.3 Å². The Morgan fingerprint density at radius 2 is 1.24 bits per heavy atom. The number of nitrogens with two attached hydrogens (primary N) is 1. The van der Waals surface area contributed by atoms with Gasteiger partial charge in [-0.1, -0.05) is 34.6 Å². The van der Waals surface area contributed by atoms with Crippen LogP contribution in [0, 0.1) is 28.4 Å². The molecular formula is C48H75F2N7O6. The molecular weight excluding hydrogens is 809 g/mol. The van der Waals surface area contributed by atoms with Gasteiger partial charge in [-0.2, -0.15) is 5.26 Å². The minimum absolute atomic E-state index is 0.0388. The number of rotatable bonds is 17. The largest absolute Gasteiger partial charge is 0.489 e.